The number of sulfonamides is 1. The molecule has 1 aliphatic rings. The number of carbonyl (C=O) groups excluding carboxylic acids is 1. The van der Waals surface area contributed by atoms with Crippen molar-refractivity contribution in [2.75, 3.05) is 11.8 Å². The van der Waals surface area contributed by atoms with Gasteiger partial charge in [-0.1, -0.05) is 24.3 Å². The Kier molecular flexibility index (Phi) is 4.06. The SMILES string of the molecule is COCc1ccccc1S(=O)(=O)Nc1cccc2c1CNC2=O. The topological polar surface area (TPSA) is 84.5 Å². The van der Waals surface area contributed by atoms with E-state index in [2.05, 4.69) is 10.0 Å². The monoisotopic (exact) mass is 332 g/mol. The molecule has 6 nitrogen and oxygen atoms in total. The Morgan fingerprint density at radius 2 is 1.96 bits per heavy atom. The number of nitrogens with one attached hydrogen (secondary N) is 2. The van der Waals surface area contributed by atoms with E-state index in [4.69, 9.17) is 4.74 Å². The lowest BCUT2D eigenvalue weighted by molar-refractivity contribution is 0.0965. The van der Waals surface area contributed by atoms with Gasteiger partial charge in [-0.25, -0.2) is 8.42 Å². The Labute approximate surface area is 134 Å². The molecule has 3 rings (SSSR count). The minimum Gasteiger partial charge on any atom is -0.380 e. The zero-order valence-electron chi connectivity index (χ0n) is 12.5. The van der Waals surface area contributed by atoms with Crippen molar-refractivity contribution >= 4 is 21.6 Å². The maximum absolute atomic E-state index is 12.7. The summed E-state index contributed by atoms with van der Waals surface area (Å²) in [6.07, 6.45) is 0. The van der Waals surface area contributed by atoms with E-state index >= 15 is 0 Å². The lowest BCUT2D eigenvalue weighted by atomic mass is 10.1. The second kappa shape index (κ2) is 6.02. The van der Waals surface area contributed by atoms with Gasteiger partial charge >= 0.3 is 0 Å². The first-order valence-corrected chi connectivity index (χ1v) is 8.51. The van der Waals surface area contributed by atoms with Crippen molar-refractivity contribution in [2.45, 2.75) is 18.0 Å². The maximum Gasteiger partial charge on any atom is 0.262 e. The largest absolute Gasteiger partial charge is 0.380 e. The van der Waals surface area contributed by atoms with Crippen LogP contribution in [-0.2, 0) is 27.9 Å². The Hall–Kier alpha value is -2.38. The van der Waals surface area contributed by atoms with E-state index in [9.17, 15) is 13.2 Å². The van der Waals surface area contributed by atoms with Gasteiger partial charge < -0.3 is 10.1 Å². The van der Waals surface area contributed by atoms with Gasteiger partial charge in [0.15, 0.2) is 0 Å². The van der Waals surface area contributed by atoms with Gasteiger partial charge in [-0.05, 0) is 23.8 Å². The van der Waals surface area contributed by atoms with Crippen LogP contribution in [0.4, 0.5) is 5.69 Å². The van der Waals surface area contributed by atoms with Gasteiger partial charge in [-0.2, -0.15) is 0 Å². The molecule has 0 radical (unpaired) electrons. The molecule has 0 spiro atoms. The van der Waals surface area contributed by atoms with E-state index in [1.54, 1.807) is 36.4 Å². The van der Waals surface area contributed by atoms with Crippen molar-refractivity contribution < 1.29 is 17.9 Å². The van der Waals surface area contributed by atoms with Crippen molar-refractivity contribution in [1.29, 1.82) is 0 Å². The number of amides is 1. The molecule has 0 atom stereocenters. The summed E-state index contributed by atoms with van der Waals surface area (Å²) < 4.78 is 33.0. The molecule has 7 heteroatoms. The minimum absolute atomic E-state index is 0.164. The third-order valence-corrected chi connectivity index (χ3v) is 5.12. The summed E-state index contributed by atoms with van der Waals surface area (Å²) in [4.78, 5) is 11.9. The first kappa shape index (κ1) is 15.5. The molecular formula is C16H16N2O4S. The maximum atomic E-state index is 12.7. The Morgan fingerprint density at radius 3 is 2.74 bits per heavy atom. The Bertz CT molecular complexity index is 862. The van der Waals surface area contributed by atoms with E-state index in [1.165, 1.54) is 13.2 Å². The molecule has 2 aromatic rings. The van der Waals surface area contributed by atoms with E-state index in [0.717, 1.165) is 0 Å². The van der Waals surface area contributed by atoms with Gasteiger partial charge in [0.1, 0.15) is 0 Å². The highest BCUT2D eigenvalue weighted by Gasteiger charge is 2.25. The molecule has 0 saturated heterocycles. The van der Waals surface area contributed by atoms with Crippen LogP contribution in [-0.4, -0.2) is 21.4 Å². The number of anilines is 1. The molecule has 120 valence electrons. The van der Waals surface area contributed by atoms with Gasteiger partial charge in [0, 0.05) is 24.8 Å². The second-order valence-electron chi connectivity index (χ2n) is 5.16. The van der Waals surface area contributed by atoms with Crippen molar-refractivity contribution in [1.82, 2.24) is 5.32 Å². The predicted molar refractivity (Wildman–Crippen MR) is 85.6 cm³/mol. The zero-order valence-corrected chi connectivity index (χ0v) is 13.3. The fourth-order valence-corrected chi connectivity index (χ4v) is 3.91. The van der Waals surface area contributed by atoms with Gasteiger partial charge in [-0.15, -0.1) is 0 Å². The van der Waals surface area contributed by atoms with E-state index in [-0.39, 0.29) is 17.4 Å². The Balaban J connectivity index is 1.99. The number of carbonyl (C=O) groups is 1. The predicted octanol–water partition coefficient (Wildman–Crippen LogP) is 1.88. The highest BCUT2D eigenvalue weighted by molar-refractivity contribution is 7.92. The lowest BCUT2D eigenvalue weighted by Crippen LogP contribution is -2.16. The number of rotatable bonds is 5. The number of hydrogen-bond donors (Lipinski definition) is 2. The second-order valence-corrected chi connectivity index (χ2v) is 6.81. The summed E-state index contributed by atoms with van der Waals surface area (Å²) in [6.45, 7) is 0.511. The van der Waals surface area contributed by atoms with Crippen LogP contribution in [0.2, 0.25) is 0 Å². The van der Waals surface area contributed by atoms with Crippen LogP contribution in [0.15, 0.2) is 47.4 Å². The van der Waals surface area contributed by atoms with E-state index in [1.807, 2.05) is 0 Å². The van der Waals surface area contributed by atoms with Crippen molar-refractivity contribution in [3.05, 3.63) is 59.2 Å². The summed E-state index contributed by atoms with van der Waals surface area (Å²) in [5.74, 6) is -0.194. The van der Waals surface area contributed by atoms with E-state index < -0.39 is 10.0 Å². The first-order chi connectivity index (χ1) is 11.0. The lowest BCUT2D eigenvalue weighted by Gasteiger charge is -2.13. The van der Waals surface area contributed by atoms with Crippen LogP contribution < -0.4 is 10.0 Å². The number of benzene rings is 2. The van der Waals surface area contributed by atoms with Crippen LogP contribution in [0.1, 0.15) is 21.5 Å². The van der Waals surface area contributed by atoms with Crippen molar-refractivity contribution in [2.24, 2.45) is 0 Å². The molecule has 23 heavy (non-hydrogen) atoms. The quantitative estimate of drug-likeness (QED) is 0.875. The van der Waals surface area contributed by atoms with Gasteiger partial charge in [0.05, 0.1) is 17.2 Å². The fourth-order valence-electron chi connectivity index (χ4n) is 2.59. The van der Waals surface area contributed by atoms with Gasteiger partial charge in [-0.3, -0.25) is 9.52 Å². The molecule has 0 aliphatic carbocycles. The van der Waals surface area contributed by atoms with Crippen LogP contribution in [0.3, 0.4) is 0 Å². The molecule has 0 bridgehead atoms. The smallest absolute Gasteiger partial charge is 0.262 e. The van der Waals surface area contributed by atoms with E-state index in [0.29, 0.717) is 28.9 Å². The number of methoxy groups -OCH3 is 1. The summed E-state index contributed by atoms with van der Waals surface area (Å²) in [5, 5.41) is 2.69. The zero-order chi connectivity index (χ0) is 16.4. The summed E-state index contributed by atoms with van der Waals surface area (Å²) >= 11 is 0. The molecular weight excluding hydrogens is 316 g/mol. The third kappa shape index (κ3) is 2.93. The fraction of sp³-hybridized carbons (Fsp3) is 0.188. The number of fused-ring (bicyclic) bond motifs is 1. The van der Waals surface area contributed by atoms with Crippen LogP contribution in [0, 0.1) is 0 Å². The van der Waals surface area contributed by atoms with Gasteiger partial charge in [0.25, 0.3) is 15.9 Å². The first-order valence-electron chi connectivity index (χ1n) is 7.02. The molecule has 0 fully saturated rings. The number of hydrogen-bond acceptors (Lipinski definition) is 4. The molecule has 0 aromatic heterocycles. The van der Waals surface area contributed by atoms with Gasteiger partial charge in [0.2, 0.25) is 0 Å². The molecule has 0 saturated carbocycles. The van der Waals surface area contributed by atoms with Crippen molar-refractivity contribution in [3.8, 4) is 0 Å². The standard InChI is InChI=1S/C16H16N2O4S/c1-22-10-11-5-2-3-8-15(11)23(20,21)18-14-7-4-6-12-13(14)9-17-16(12)19/h2-8,18H,9-10H2,1H3,(H,17,19). The number of ether oxygens (including phenoxy) is 1. The summed E-state index contributed by atoms with van der Waals surface area (Å²) in [6, 6.07) is 11.6. The van der Waals surface area contributed by atoms with Crippen LogP contribution in [0.5, 0.6) is 0 Å². The molecule has 1 amide bonds. The van der Waals surface area contributed by atoms with Crippen LogP contribution >= 0.6 is 0 Å². The highest BCUT2D eigenvalue weighted by Crippen LogP contribution is 2.27. The molecule has 2 N–H and O–H groups in total. The molecule has 2 aromatic carbocycles. The highest BCUT2D eigenvalue weighted by atomic mass is 32.2. The Morgan fingerprint density at radius 1 is 1.17 bits per heavy atom. The molecule has 0 unspecified atom stereocenters. The molecule has 1 aliphatic heterocycles. The average molecular weight is 332 g/mol. The van der Waals surface area contributed by atoms with Crippen LogP contribution in [0.25, 0.3) is 0 Å². The average Bonchev–Trinajstić information content (AvgIpc) is 2.91. The normalized spacial score (nSPS) is 13.5. The summed E-state index contributed by atoms with van der Waals surface area (Å²) in [7, 11) is -2.26. The third-order valence-electron chi connectivity index (χ3n) is 3.65. The minimum atomic E-state index is -3.77. The molecule has 1 heterocycles. The van der Waals surface area contributed by atoms with Crippen molar-refractivity contribution in [3.63, 3.8) is 0 Å². The summed E-state index contributed by atoms with van der Waals surface area (Å²) in [5.41, 5.74) is 2.14.